The van der Waals surface area contributed by atoms with Crippen LogP contribution >= 0.6 is 15.9 Å². The quantitative estimate of drug-likeness (QED) is 0.390. The average Bonchev–Trinajstić information content (AvgIpc) is 2.71. The average molecular weight is 440 g/mol. The normalized spacial score (nSPS) is 10.8. The Morgan fingerprint density at radius 1 is 1.00 bits per heavy atom. The molecular formula is C22H18BrNO4. The summed E-state index contributed by atoms with van der Waals surface area (Å²) in [5, 5.41) is 12.2. The van der Waals surface area contributed by atoms with Crippen LogP contribution in [0.15, 0.2) is 82.4 Å². The highest BCUT2D eigenvalue weighted by molar-refractivity contribution is 9.10. The number of rotatable bonds is 8. The molecule has 0 unspecified atom stereocenters. The summed E-state index contributed by atoms with van der Waals surface area (Å²) in [6, 6.07) is 23.6. The predicted octanol–water partition coefficient (Wildman–Crippen LogP) is 5.13. The van der Waals surface area contributed by atoms with E-state index >= 15 is 0 Å². The molecule has 0 amide bonds. The number of carboxylic acids is 1. The summed E-state index contributed by atoms with van der Waals surface area (Å²) in [7, 11) is 0. The predicted molar refractivity (Wildman–Crippen MR) is 112 cm³/mol. The Bertz CT molecular complexity index is 970. The van der Waals surface area contributed by atoms with Crippen molar-refractivity contribution in [3.8, 4) is 16.9 Å². The van der Waals surface area contributed by atoms with E-state index < -0.39 is 12.6 Å². The number of oxime groups is 1. The van der Waals surface area contributed by atoms with E-state index in [1.807, 2.05) is 72.8 Å². The van der Waals surface area contributed by atoms with Crippen LogP contribution in [0.1, 0.15) is 11.1 Å². The molecule has 5 nitrogen and oxygen atoms in total. The van der Waals surface area contributed by atoms with E-state index in [2.05, 4.69) is 21.1 Å². The lowest BCUT2D eigenvalue weighted by Gasteiger charge is -2.09. The number of ether oxygens (including phenoxy) is 1. The molecule has 0 aliphatic carbocycles. The van der Waals surface area contributed by atoms with Gasteiger partial charge in [0.1, 0.15) is 12.4 Å². The second kappa shape index (κ2) is 9.71. The fourth-order valence-electron chi connectivity index (χ4n) is 2.50. The fourth-order valence-corrected chi connectivity index (χ4v) is 2.77. The molecule has 0 bridgehead atoms. The van der Waals surface area contributed by atoms with E-state index in [9.17, 15) is 4.79 Å². The van der Waals surface area contributed by atoms with Crippen molar-refractivity contribution in [3.63, 3.8) is 0 Å². The molecule has 0 aliphatic heterocycles. The first kappa shape index (κ1) is 19.6. The van der Waals surface area contributed by atoms with Crippen LogP contribution in [0, 0.1) is 0 Å². The highest BCUT2D eigenvalue weighted by atomic mass is 79.9. The van der Waals surface area contributed by atoms with Crippen LogP contribution < -0.4 is 4.74 Å². The first-order chi connectivity index (χ1) is 13.6. The molecule has 3 aromatic rings. The Morgan fingerprint density at radius 2 is 1.71 bits per heavy atom. The number of halogens is 1. The third kappa shape index (κ3) is 5.96. The molecule has 142 valence electrons. The van der Waals surface area contributed by atoms with Gasteiger partial charge in [-0.2, -0.15) is 0 Å². The van der Waals surface area contributed by atoms with Crippen LogP contribution in [-0.4, -0.2) is 23.9 Å². The number of aliphatic carboxylic acids is 1. The van der Waals surface area contributed by atoms with Gasteiger partial charge in [0, 0.05) is 4.47 Å². The Hall–Kier alpha value is -3.12. The number of carboxylic acid groups (broad SMARTS) is 1. The minimum Gasteiger partial charge on any atom is -0.489 e. The van der Waals surface area contributed by atoms with Crippen LogP contribution in [0.2, 0.25) is 0 Å². The summed E-state index contributed by atoms with van der Waals surface area (Å²) in [6.45, 7) is 0.0261. The van der Waals surface area contributed by atoms with E-state index in [1.54, 1.807) is 0 Å². The highest BCUT2D eigenvalue weighted by Gasteiger charge is 2.02. The Morgan fingerprint density at radius 3 is 2.46 bits per heavy atom. The monoisotopic (exact) mass is 439 g/mol. The van der Waals surface area contributed by atoms with Gasteiger partial charge in [0.15, 0.2) is 0 Å². The Balaban J connectivity index is 1.68. The van der Waals surface area contributed by atoms with Crippen LogP contribution in [0.5, 0.6) is 5.75 Å². The smallest absolute Gasteiger partial charge is 0.344 e. The van der Waals surface area contributed by atoms with E-state index in [1.165, 1.54) is 6.21 Å². The number of carbonyl (C=O) groups is 1. The van der Waals surface area contributed by atoms with E-state index in [0.29, 0.717) is 6.61 Å². The van der Waals surface area contributed by atoms with Crippen molar-refractivity contribution >= 4 is 28.1 Å². The molecule has 3 aromatic carbocycles. The van der Waals surface area contributed by atoms with Gasteiger partial charge in [-0.3, -0.25) is 0 Å². The molecule has 3 rings (SSSR count). The Labute approximate surface area is 171 Å². The number of nitrogens with zero attached hydrogens (tertiary/aromatic N) is 1. The molecular weight excluding hydrogens is 422 g/mol. The van der Waals surface area contributed by atoms with Crippen molar-refractivity contribution in [2.75, 3.05) is 6.61 Å². The fraction of sp³-hybridized carbons (Fsp3) is 0.0909. The summed E-state index contributed by atoms with van der Waals surface area (Å²) in [6.07, 6.45) is 1.49. The van der Waals surface area contributed by atoms with Crippen molar-refractivity contribution < 1.29 is 19.5 Å². The number of hydrogen-bond acceptors (Lipinski definition) is 4. The van der Waals surface area contributed by atoms with Gasteiger partial charge in [0.2, 0.25) is 6.61 Å². The van der Waals surface area contributed by atoms with Crippen LogP contribution in [0.4, 0.5) is 0 Å². The molecule has 0 saturated carbocycles. The minimum absolute atomic E-state index is 0.464. The molecule has 0 heterocycles. The number of hydrogen-bond donors (Lipinski definition) is 1. The van der Waals surface area contributed by atoms with Crippen LogP contribution in [-0.2, 0) is 16.2 Å². The van der Waals surface area contributed by atoms with E-state index in [4.69, 9.17) is 14.7 Å². The molecule has 6 heteroatoms. The summed E-state index contributed by atoms with van der Waals surface area (Å²) in [5.74, 6) is -0.282. The Kier molecular flexibility index (Phi) is 6.81. The van der Waals surface area contributed by atoms with Gasteiger partial charge < -0.3 is 14.7 Å². The van der Waals surface area contributed by atoms with Gasteiger partial charge in [-0.05, 0) is 52.6 Å². The van der Waals surface area contributed by atoms with Crippen molar-refractivity contribution in [2.45, 2.75) is 6.61 Å². The summed E-state index contributed by atoms with van der Waals surface area (Å²) in [5.41, 5.74) is 3.91. The zero-order valence-corrected chi connectivity index (χ0v) is 16.5. The molecule has 1 N–H and O–H groups in total. The lowest BCUT2D eigenvalue weighted by atomic mass is 10.0. The zero-order chi connectivity index (χ0) is 19.8. The first-order valence-corrected chi connectivity index (χ1v) is 9.34. The topological polar surface area (TPSA) is 68.1 Å². The lowest BCUT2D eigenvalue weighted by Crippen LogP contribution is -2.03. The first-order valence-electron chi connectivity index (χ1n) is 8.55. The third-order valence-corrected chi connectivity index (χ3v) is 4.37. The second-order valence-corrected chi connectivity index (χ2v) is 6.89. The van der Waals surface area contributed by atoms with Crippen LogP contribution in [0.25, 0.3) is 11.1 Å². The largest absolute Gasteiger partial charge is 0.489 e. The molecule has 0 spiro atoms. The lowest BCUT2D eigenvalue weighted by molar-refractivity contribution is -0.142. The molecule has 0 radical (unpaired) electrons. The van der Waals surface area contributed by atoms with Gasteiger partial charge in [0.05, 0.1) is 6.21 Å². The van der Waals surface area contributed by atoms with Crippen molar-refractivity contribution in [3.05, 3.63) is 88.4 Å². The maximum Gasteiger partial charge on any atom is 0.344 e. The standard InChI is InChI=1S/C22H18BrNO4/c23-20-9-7-16(8-10-20)14-27-21-6-2-5-19(12-21)18-4-1-3-17(11-18)13-24-28-15-22(25)26/h1-13H,14-15H2,(H,25,26)/b24-13+. The highest BCUT2D eigenvalue weighted by Crippen LogP contribution is 2.25. The van der Waals surface area contributed by atoms with Gasteiger partial charge in [-0.1, -0.05) is 63.6 Å². The summed E-state index contributed by atoms with van der Waals surface area (Å²) < 4.78 is 6.95. The maximum absolute atomic E-state index is 10.4. The molecule has 0 atom stereocenters. The van der Waals surface area contributed by atoms with Gasteiger partial charge >= 0.3 is 5.97 Å². The van der Waals surface area contributed by atoms with E-state index in [0.717, 1.165) is 32.5 Å². The van der Waals surface area contributed by atoms with E-state index in [-0.39, 0.29) is 0 Å². The molecule has 0 saturated heterocycles. The summed E-state index contributed by atoms with van der Waals surface area (Å²) >= 11 is 3.42. The van der Waals surface area contributed by atoms with Crippen molar-refractivity contribution in [1.82, 2.24) is 0 Å². The molecule has 0 fully saturated rings. The maximum atomic E-state index is 10.4. The van der Waals surface area contributed by atoms with Crippen molar-refractivity contribution in [1.29, 1.82) is 0 Å². The zero-order valence-electron chi connectivity index (χ0n) is 14.9. The summed E-state index contributed by atoms with van der Waals surface area (Å²) in [4.78, 5) is 15.1. The van der Waals surface area contributed by atoms with Gasteiger partial charge in [-0.25, -0.2) is 4.79 Å². The van der Waals surface area contributed by atoms with Crippen LogP contribution in [0.3, 0.4) is 0 Å². The minimum atomic E-state index is -1.06. The number of benzene rings is 3. The molecule has 0 aromatic heterocycles. The second-order valence-electron chi connectivity index (χ2n) is 5.97. The molecule has 0 aliphatic rings. The van der Waals surface area contributed by atoms with Crippen molar-refractivity contribution in [2.24, 2.45) is 5.16 Å². The SMILES string of the molecule is O=C(O)CO/N=C/c1cccc(-c2cccc(OCc3ccc(Br)cc3)c2)c1. The van der Waals surface area contributed by atoms with Gasteiger partial charge in [-0.15, -0.1) is 0 Å². The third-order valence-electron chi connectivity index (χ3n) is 3.84. The van der Waals surface area contributed by atoms with Gasteiger partial charge in [0.25, 0.3) is 0 Å². The molecule has 28 heavy (non-hydrogen) atoms.